The molecule has 1 unspecified atom stereocenters. The maximum absolute atomic E-state index is 13.7. The topological polar surface area (TPSA) is 90.6 Å². The van der Waals surface area contributed by atoms with Gasteiger partial charge in [0, 0.05) is 73.7 Å². The summed E-state index contributed by atoms with van der Waals surface area (Å²) < 4.78 is 42.7. The van der Waals surface area contributed by atoms with E-state index in [0.717, 1.165) is 23.5 Å². The fourth-order valence-electron chi connectivity index (χ4n) is 5.51. The maximum atomic E-state index is 13.7. The number of alkyl halides is 3. The van der Waals surface area contributed by atoms with Crippen molar-refractivity contribution in [2.45, 2.75) is 58.5 Å². The van der Waals surface area contributed by atoms with Crippen LogP contribution in [0.25, 0.3) is 11.1 Å². The van der Waals surface area contributed by atoms with Gasteiger partial charge in [-0.25, -0.2) is 9.97 Å². The first kappa shape index (κ1) is 27.9. The minimum atomic E-state index is -4.50. The van der Waals surface area contributed by atoms with Gasteiger partial charge in [0.05, 0.1) is 17.4 Å². The van der Waals surface area contributed by atoms with Crippen molar-refractivity contribution in [3.63, 3.8) is 0 Å². The quantitative estimate of drug-likeness (QED) is 0.512. The maximum Gasteiger partial charge on any atom is 0.416 e. The molecule has 12 heteroatoms. The third-order valence-corrected chi connectivity index (χ3v) is 7.70. The summed E-state index contributed by atoms with van der Waals surface area (Å²) >= 11 is 0. The van der Waals surface area contributed by atoms with Crippen LogP contribution in [0.2, 0.25) is 0 Å². The number of amides is 1. The Kier molecular flexibility index (Phi) is 7.72. The van der Waals surface area contributed by atoms with Crippen molar-refractivity contribution in [2.75, 3.05) is 42.5 Å². The highest BCUT2D eigenvalue weighted by atomic mass is 19.4. The van der Waals surface area contributed by atoms with Crippen molar-refractivity contribution in [3.8, 4) is 11.1 Å². The second-order valence-corrected chi connectivity index (χ2v) is 10.7. The molecule has 5 rings (SSSR count). The molecule has 9 nitrogen and oxygen atoms in total. The van der Waals surface area contributed by atoms with Crippen molar-refractivity contribution >= 4 is 17.5 Å². The van der Waals surface area contributed by atoms with E-state index in [1.54, 1.807) is 17.1 Å². The van der Waals surface area contributed by atoms with Gasteiger partial charge in [-0.1, -0.05) is 0 Å². The molecule has 214 valence electrons. The molecule has 1 amide bonds. The number of anilines is 2. The predicted octanol–water partition coefficient (Wildman–Crippen LogP) is 3.67. The van der Waals surface area contributed by atoms with E-state index in [2.05, 4.69) is 15.1 Å². The zero-order valence-electron chi connectivity index (χ0n) is 22.9. The number of hydrogen-bond donors (Lipinski definition) is 1. The average molecular weight is 558 g/mol. The molecule has 1 atom stereocenters. The Hall–Kier alpha value is -3.67. The van der Waals surface area contributed by atoms with Crippen molar-refractivity contribution in [3.05, 3.63) is 53.6 Å². The van der Waals surface area contributed by atoms with Gasteiger partial charge in [-0.3, -0.25) is 9.48 Å². The van der Waals surface area contributed by atoms with Crippen LogP contribution in [0.5, 0.6) is 0 Å². The molecule has 2 aromatic heterocycles. The zero-order chi connectivity index (χ0) is 28.6. The Labute approximate surface area is 231 Å². The van der Waals surface area contributed by atoms with E-state index in [0.29, 0.717) is 68.3 Å². The molecular formula is C28H34F3N7O2. The molecule has 0 saturated carbocycles. The average Bonchev–Trinajstić information content (AvgIpc) is 3.24. The molecule has 2 aliphatic rings. The number of hydrogen-bond acceptors (Lipinski definition) is 7. The van der Waals surface area contributed by atoms with Crippen LogP contribution in [-0.2, 0) is 17.5 Å². The van der Waals surface area contributed by atoms with Crippen molar-refractivity contribution in [1.82, 2.24) is 24.6 Å². The van der Waals surface area contributed by atoms with E-state index in [4.69, 9.17) is 0 Å². The third-order valence-electron chi connectivity index (χ3n) is 7.70. The van der Waals surface area contributed by atoms with Crippen LogP contribution < -0.4 is 9.80 Å². The summed E-state index contributed by atoms with van der Waals surface area (Å²) in [5, 5.41) is 14.2. The van der Waals surface area contributed by atoms with Crippen LogP contribution in [0.3, 0.4) is 0 Å². The summed E-state index contributed by atoms with van der Waals surface area (Å²) in [6.07, 6.45) is -0.467. The molecule has 0 spiro atoms. The number of carbonyl (C=O) groups is 1. The van der Waals surface area contributed by atoms with Crippen LogP contribution >= 0.6 is 0 Å². The number of nitrogens with zero attached hydrogens (tertiary/aromatic N) is 7. The monoisotopic (exact) mass is 557 g/mol. The molecule has 0 aliphatic carbocycles. The van der Waals surface area contributed by atoms with Gasteiger partial charge in [0.15, 0.2) is 0 Å². The lowest BCUT2D eigenvalue weighted by Gasteiger charge is -2.41. The fraction of sp³-hybridized carbons (Fsp3) is 0.500. The number of piperidine rings is 1. The lowest BCUT2D eigenvalue weighted by Crippen LogP contribution is -2.55. The number of rotatable bonds is 5. The van der Waals surface area contributed by atoms with Gasteiger partial charge in [-0.05, 0) is 57.9 Å². The highest BCUT2D eigenvalue weighted by Gasteiger charge is 2.33. The molecule has 2 fully saturated rings. The molecule has 2 aliphatic heterocycles. The lowest BCUT2D eigenvalue weighted by molar-refractivity contribution is -0.137. The third kappa shape index (κ3) is 5.91. The molecule has 40 heavy (non-hydrogen) atoms. The molecule has 4 heterocycles. The molecule has 0 radical (unpaired) electrons. The van der Waals surface area contributed by atoms with Crippen LogP contribution in [-0.4, -0.2) is 80.5 Å². The first-order chi connectivity index (χ1) is 19.0. The zero-order valence-corrected chi connectivity index (χ0v) is 22.9. The first-order valence-corrected chi connectivity index (χ1v) is 13.5. The van der Waals surface area contributed by atoms with E-state index in [9.17, 15) is 23.1 Å². The SMILES string of the molecule is Cc1cc(C)n(CC(=O)N2CCN(c3ccc(C(F)(F)F)cc3-c3cnc(N4CCC(O)CC4)nc3)CC2C)n1. The molecule has 1 aromatic carbocycles. The Morgan fingerprint density at radius 1 is 1.02 bits per heavy atom. The second-order valence-electron chi connectivity index (χ2n) is 10.7. The number of aromatic nitrogens is 4. The number of piperazine rings is 1. The Morgan fingerprint density at radius 3 is 2.33 bits per heavy atom. The summed E-state index contributed by atoms with van der Waals surface area (Å²) in [6.45, 7) is 8.51. The Morgan fingerprint density at radius 2 is 1.73 bits per heavy atom. The Balaban J connectivity index is 1.37. The molecule has 3 aromatic rings. The van der Waals surface area contributed by atoms with Crippen LogP contribution in [0.1, 0.15) is 36.7 Å². The van der Waals surface area contributed by atoms with Gasteiger partial charge in [-0.15, -0.1) is 0 Å². The highest BCUT2D eigenvalue weighted by Crippen LogP contribution is 2.38. The van der Waals surface area contributed by atoms with E-state index >= 15 is 0 Å². The second kappa shape index (κ2) is 11.1. The number of aliphatic hydroxyl groups is 1. The molecular weight excluding hydrogens is 523 g/mol. The standard InChI is InChI=1S/C28H34F3N7O2/c1-18-12-19(2)38(34-18)17-26(40)37-11-10-36(16-20(37)3)25-5-4-22(28(29,30)31)13-24(25)21-14-32-27(33-15-21)35-8-6-23(39)7-9-35/h4-5,12-15,20,23,39H,6-11,16-17H2,1-3H3. The van der Waals surface area contributed by atoms with Gasteiger partial charge < -0.3 is 19.8 Å². The normalized spacial score (nSPS) is 18.9. The van der Waals surface area contributed by atoms with Crippen molar-refractivity contribution < 1.29 is 23.1 Å². The van der Waals surface area contributed by atoms with E-state index in [1.807, 2.05) is 41.5 Å². The van der Waals surface area contributed by atoms with Gasteiger partial charge in [0.1, 0.15) is 6.54 Å². The summed E-state index contributed by atoms with van der Waals surface area (Å²) in [7, 11) is 0. The number of benzene rings is 1. The molecule has 0 bridgehead atoms. The van der Waals surface area contributed by atoms with E-state index in [1.165, 1.54) is 6.07 Å². The number of aryl methyl sites for hydroxylation is 2. The number of halogens is 3. The Bertz CT molecular complexity index is 1350. The summed E-state index contributed by atoms with van der Waals surface area (Å²) in [4.78, 5) is 27.8. The van der Waals surface area contributed by atoms with Crippen LogP contribution in [0.4, 0.5) is 24.8 Å². The lowest BCUT2D eigenvalue weighted by atomic mass is 10.0. The van der Waals surface area contributed by atoms with E-state index < -0.39 is 11.7 Å². The summed E-state index contributed by atoms with van der Waals surface area (Å²) in [5.74, 6) is 0.452. The van der Waals surface area contributed by atoms with Crippen molar-refractivity contribution in [2.24, 2.45) is 0 Å². The van der Waals surface area contributed by atoms with Crippen LogP contribution in [0.15, 0.2) is 36.7 Å². The highest BCUT2D eigenvalue weighted by molar-refractivity contribution is 5.80. The minimum absolute atomic E-state index is 0.0415. The van der Waals surface area contributed by atoms with Gasteiger partial charge >= 0.3 is 6.18 Å². The van der Waals surface area contributed by atoms with Gasteiger partial charge in [-0.2, -0.15) is 18.3 Å². The first-order valence-electron chi connectivity index (χ1n) is 13.5. The number of aliphatic hydroxyl groups excluding tert-OH is 1. The number of carbonyl (C=O) groups excluding carboxylic acids is 1. The van der Waals surface area contributed by atoms with Crippen molar-refractivity contribution in [1.29, 1.82) is 0 Å². The minimum Gasteiger partial charge on any atom is -0.393 e. The smallest absolute Gasteiger partial charge is 0.393 e. The summed E-state index contributed by atoms with van der Waals surface area (Å²) in [6, 6.07) is 5.52. The molecule has 1 N–H and O–H groups in total. The van der Waals surface area contributed by atoms with Gasteiger partial charge in [0.25, 0.3) is 0 Å². The predicted molar refractivity (Wildman–Crippen MR) is 145 cm³/mol. The molecule has 2 saturated heterocycles. The summed E-state index contributed by atoms with van der Waals surface area (Å²) in [5.41, 5.74) is 2.54. The van der Waals surface area contributed by atoms with E-state index in [-0.39, 0.29) is 24.6 Å². The largest absolute Gasteiger partial charge is 0.416 e. The van der Waals surface area contributed by atoms with Gasteiger partial charge in [0.2, 0.25) is 11.9 Å². The fourth-order valence-corrected chi connectivity index (χ4v) is 5.51. The van der Waals surface area contributed by atoms with Crippen LogP contribution in [0, 0.1) is 13.8 Å².